The minimum Gasteiger partial charge on any atom is -0.353 e. The van der Waals surface area contributed by atoms with E-state index in [2.05, 4.69) is 17.1 Å². The predicted molar refractivity (Wildman–Crippen MR) is 87.1 cm³/mol. The summed E-state index contributed by atoms with van der Waals surface area (Å²) < 4.78 is 0. The molecule has 1 aliphatic heterocycles. The average Bonchev–Trinajstić information content (AvgIpc) is 2.71. The predicted octanol–water partition coefficient (Wildman–Crippen LogP) is 2.27. The molecule has 0 aromatic rings. The van der Waals surface area contributed by atoms with Gasteiger partial charge in [0.05, 0.1) is 5.92 Å². The molecule has 2 aliphatic rings. The van der Waals surface area contributed by atoms with E-state index in [1.165, 1.54) is 32.2 Å². The molecular weight excluding hydrogens is 262 g/mol. The number of hydrogen-bond acceptors (Lipinski definition) is 3. The van der Waals surface area contributed by atoms with E-state index >= 15 is 0 Å². The summed E-state index contributed by atoms with van der Waals surface area (Å²) in [6.07, 6.45) is 10.3. The molecule has 4 heteroatoms. The van der Waals surface area contributed by atoms with Crippen molar-refractivity contribution in [3.05, 3.63) is 0 Å². The van der Waals surface area contributed by atoms with Gasteiger partial charge in [-0.25, -0.2) is 0 Å². The Bertz CT molecular complexity index is 313. The molecule has 1 saturated carbocycles. The molecule has 0 radical (unpaired) electrons. The number of nitrogens with one attached hydrogen (secondary N) is 1. The first-order valence-corrected chi connectivity index (χ1v) is 8.99. The van der Waals surface area contributed by atoms with Gasteiger partial charge in [0.1, 0.15) is 0 Å². The van der Waals surface area contributed by atoms with Crippen LogP contribution >= 0.6 is 0 Å². The fourth-order valence-electron chi connectivity index (χ4n) is 3.65. The Kier molecular flexibility index (Phi) is 6.97. The summed E-state index contributed by atoms with van der Waals surface area (Å²) >= 11 is 0. The minimum atomic E-state index is 0.0469. The van der Waals surface area contributed by atoms with E-state index in [1.54, 1.807) is 0 Å². The second-order valence-electron chi connectivity index (χ2n) is 6.89. The highest BCUT2D eigenvalue weighted by Gasteiger charge is 2.29. The van der Waals surface area contributed by atoms with Crippen molar-refractivity contribution in [1.29, 1.82) is 0 Å². The summed E-state index contributed by atoms with van der Waals surface area (Å²) in [4.78, 5) is 15.0. The second kappa shape index (κ2) is 8.74. The van der Waals surface area contributed by atoms with Gasteiger partial charge in [-0.3, -0.25) is 4.79 Å². The molecule has 21 heavy (non-hydrogen) atoms. The Morgan fingerprint density at radius 2 is 1.86 bits per heavy atom. The molecular formula is C17H33N3O. The molecule has 2 atom stereocenters. The van der Waals surface area contributed by atoms with E-state index in [9.17, 15) is 4.79 Å². The first kappa shape index (κ1) is 16.8. The number of carbonyl (C=O) groups is 1. The smallest absolute Gasteiger partial charge is 0.224 e. The van der Waals surface area contributed by atoms with Crippen molar-refractivity contribution in [2.45, 2.75) is 76.8 Å². The van der Waals surface area contributed by atoms with Gasteiger partial charge in [0, 0.05) is 25.2 Å². The zero-order valence-electron chi connectivity index (χ0n) is 13.7. The van der Waals surface area contributed by atoms with Crippen LogP contribution in [0.3, 0.4) is 0 Å². The van der Waals surface area contributed by atoms with E-state index in [1.807, 2.05) is 0 Å². The van der Waals surface area contributed by atoms with E-state index < -0.39 is 0 Å². The third-order valence-corrected chi connectivity index (χ3v) is 5.17. The fraction of sp³-hybridized carbons (Fsp3) is 0.941. The van der Waals surface area contributed by atoms with Crippen LogP contribution in [0.5, 0.6) is 0 Å². The Morgan fingerprint density at radius 1 is 1.14 bits per heavy atom. The highest BCUT2D eigenvalue weighted by Crippen LogP contribution is 2.23. The molecule has 2 rings (SSSR count). The number of hydrogen-bond donors (Lipinski definition) is 2. The molecule has 0 aromatic carbocycles. The van der Waals surface area contributed by atoms with Crippen LogP contribution in [0.1, 0.15) is 64.7 Å². The molecule has 4 nitrogen and oxygen atoms in total. The summed E-state index contributed by atoms with van der Waals surface area (Å²) in [5, 5.41) is 3.28. The van der Waals surface area contributed by atoms with Crippen LogP contribution in [0.15, 0.2) is 0 Å². The Morgan fingerprint density at radius 3 is 2.57 bits per heavy atom. The topological polar surface area (TPSA) is 58.4 Å². The quantitative estimate of drug-likeness (QED) is 0.765. The summed E-state index contributed by atoms with van der Waals surface area (Å²) in [7, 11) is 0. The van der Waals surface area contributed by atoms with Gasteiger partial charge in [-0.05, 0) is 38.6 Å². The highest BCUT2D eigenvalue weighted by molar-refractivity contribution is 5.79. The van der Waals surface area contributed by atoms with Crippen molar-refractivity contribution in [1.82, 2.24) is 10.2 Å². The molecule has 1 heterocycles. The summed E-state index contributed by atoms with van der Waals surface area (Å²) in [6.45, 7) is 5.71. The first-order chi connectivity index (χ1) is 10.2. The third kappa shape index (κ3) is 5.26. The van der Waals surface area contributed by atoms with Crippen molar-refractivity contribution in [2.24, 2.45) is 11.7 Å². The molecule has 122 valence electrons. The number of nitrogens with two attached hydrogens (primary N) is 1. The van der Waals surface area contributed by atoms with Crippen molar-refractivity contribution < 1.29 is 4.79 Å². The Labute approximate surface area is 129 Å². The normalized spacial score (nSPS) is 29.0. The first-order valence-electron chi connectivity index (χ1n) is 8.99. The number of carbonyl (C=O) groups excluding carboxylic acids is 1. The molecule has 1 saturated heterocycles. The lowest BCUT2D eigenvalue weighted by molar-refractivity contribution is -0.126. The SMILES string of the molecule is CCCCN1CCC(NC(=O)C2CCCCCC2N)CC1. The van der Waals surface area contributed by atoms with Gasteiger partial charge in [0.2, 0.25) is 5.91 Å². The lowest BCUT2D eigenvalue weighted by atomic mass is 9.93. The molecule has 3 N–H and O–H groups in total. The number of amides is 1. The van der Waals surface area contributed by atoms with Crippen molar-refractivity contribution >= 4 is 5.91 Å². The number of piperidine rings is 1. The van der Waals surface area contributed by atoms with E-state index in [-0.39, 0.29) is 17.9 Å². The maximum absolute atomic E-state index is 12.5. The van der Waals surface area contributed by atoms with Gasteiger partial charge in [-0.1, -0.05) is 32.6 Å². The minimum absolute atomic E-state index is 0.0469. The zero-order chi connectivity index (χ0) is 15.1. The van der Waals surface area contributed by atoms with Crippen molar-refractivity contribution in [2.75, 3.05) is 19.6 Å². The van der Waals surface area contributed by atoms with Gasteiger partial charge in [0.25, 0.3) is 0 Å². The fourth-order valence-corrected chi connectivity index (χ4v) is 3.65. The monoisotopic (exact) mass is 295 g/mol. The van der Waals surface area contributed by atoms with E-state index in [0.29, 0.717) is 6.04 Å². The second-order valence-corrected chi connectivity index (χ2v) is 6.89. The lowest BCUT2D eigenvalue weighted by Gasteiger charge is -2.33. The molecule has 0 spiro atoms. The lowest BCUT2D eigenvalue weighted by Crippen LogP contribution is -2.49. The van der Waals surface area contributed by atoms with Crippen LogP contribution in [0, 0.1) is 5.92 Å². The van der Waals surface area contributed by atoms with Gasteiger partial charge < -0.3 is 16.0 Å². The number of likely N-dealkylation sites (tertiary alicyclic amines) is 1. The molecule has 0 aromatic heterocycles. The van der Waals surface area contributed by atoms with Gasteiger partial charge >= 0.3 is 0 Å². The Hall–Kier alpha value is -0.610. The summed E-state index contributed by atoms with van der Waals surface area (Å²) in [5.41, 5.74) is 6.19. The van der Waals surface area contributed by atoms with Crippen LogP contribution in [0.4, 0.5) is 0 Å². The molecule has 2 unspecified atom stereocenters. The summed E-state index contributed by atoms with van der Waals surface area (Å²) in [6, 6.07) is 0.433. The highest BCUT2D eigenvalue weighted by atomic mass is 16.2. The van der Waals surface area contributed by atoms with E-state index in [4.69, 9.17) is 5.73 Å². The van der Waals surface area contributed by atoms with Crippen LogP contribution in [0.25, 0.3) is 0 Å². The average molecular weight is 295 g/mol. The van der Waals surface area contributed by atoms with Crippen molar-refractivity contribution in [3.8, 4) is 0 Å². The zero-order valence-corrected chi connectivity index (χ0v) is 13.7. The Balaban J connectivity index is 1.73. The maximum Gasteiger partial charge on any atom is 0.224 e. The summed E-state index contributed by atoms with van der Waals surface area (Å²) in [5.74, 6) is 0.266. The molecule has 1 aliphatic carbocycles. The maximum atomic E-state index is 12.5. The van der Waals surface area contributed by atoms with Gasteiger partial charge in [-0.15, -0.1) is 0 Å². The number of nitrogens with zero attached hydrogens (tertiary/aromatic N) is 1. The molecule has 2 fully saturated rings. The number of rotatable bonds is 5. The largest absolute Gasteiger partial charge is 0.353 e. The third-order valence-electron chi connectivity index (χ3n) is 5.17. The molecule has 1 amide bonds. The van der Waals surface area contributed by atoms with Crippen molar-refractivity contribution in [3.63, 3.8) is 0 Å². The van der Waals surface area contributed by atoms with Gasteiger partial charge in [-0.2, -0.15) is 0 Å². The van der Waals surface area contributed by atoms with Gasteiger partial charge in [0.15, 0.2) is 0 Å². The van der Waals surface area contributed by atoms with E-state index in [0.717, 1.165) is 45.2 Å². The van der Waals surface area contributed by atoms with Crippen LogP contribution < -0.4 is 11.1 Å². The van der Waals surface area contributed by atoms with Crippen LogP contribution in [-0.2, 0) is 4.79 Å². The van der Waals surface area contributed by atoms with Crippen LogP contribution in [-0.4, -0.2) is 42.5 Å². The number of unbranched alkanes of at least 4 members (excludes halogenated alkanes) is 1. The van der Waals surface area contributed by atoms with Crippen LogP contribution in [0.2, 0.25) is 0 Å². The molecule has 0 bridgehead atoms. The standard InChI is InChI=1S/C17H33N3O/c1-2-3-11-20-12-9-14(10-13-20)19-17(21)15-7-5-4-6-8-16(15)18/h14-16H,2-13,18H2,1H3,(H,19,21).